The molecule has 0 aliphatic heterocycles. The standard InChI is InChI=1S/C12H21NO2S/c1-11-4-7-12(10-13,8-5-11)6-3-9-16(2,14)15/h11H,3-9H2,1-2H3. The lowest BCUT2D eigenvalue weighted by molar-refractivity contribution is 0.205. The van der Waals surface area contributed by atoms with Crippen LogP contribution in [0.1, 0.15) is 45.4 Å². The molecule has 0 unspecified atom stereocenters. The first-order chi connectivity index (χ1) is 7.37. The zero-order valence-corrected chi connectivity index (χ0v) is 11.0. The highest BCUT2D eigenvalue weighted by atomic mass is 32.2. The molecule has 92 valence electrons. The molecule has 0 N–H and O–H groups in total. The summed E-state index contributed by atoms with van der Waals surface area (Å²) >= 11 is 0. The monoisotopic (exact) mass is 243 g/mol. The Morgan fingerprint density at radius 3 is 2.38 bits per heavy atom. The number of nitriles is 1. The van der Waals surface area contributed by atoms with Crippen LogP contribution in [0.4, 0.5) is 0 Å². The van der Waals surface area contributed by atoms with Crippen molar-refractivity contribution in [1.82, 2.24) is 0 Å². The third-order valence-electron chi connectivity index (χ3n) is 3.64. The van der Waals surface area contributed by atoms with Crippen molar-refractivity contribution in [1.29, 1.82) is 5.26 Å². The molecule has 0 amide bonds. The normalized spacial score (nSPS) is 30.9. The molecule has 0 aromatic carbocycles. The maximum Gasteiger partial charge on any atom is 0.147 e. The Bertz CT molecular complexity index is 359. The van der Waals surface area contributed by atoms with Crippen molar-refractivity contribution in [2.75, 3.05) is 12.0 Å². The van der Waals surface area contributed by atoms with Gasteiger partial charge in [-0.05, 0) is 44.4 Å². The first kappa shape index (κ1) is 13.5. The summed E-state index contributed by atoms with van der Waals surface area (Å²) in [5.41, 5.74) is -0.239. The summed E-state index contributed by atoms with van der Waals surface area (Å²) in [6, 6.07) is 2.43. The average Bonchev–Trinajstić information content (AvgIpc) is 2.20. The average molecular weight is 243 g/mol. The molecule has 1 saturated carbocycles. The number of hydrogen-bond acceptors (Lipinski definition) is 3. The van der Waals surface area contributed by atoms with Crippen molar-refractivity contribution in [3.8, 4) is 6.07 Å². The van der Waals surface area contributed by atoms with Crippen molar-refractivity contribution >= 4 is 9.84 Å². The summed E-state index contributed by atoms with van der Waals surface area (Å²) in [6.45, 7) is 2.22. The molecule has 0 aromatic rings. The van der Waals surface area contributed by atoms with Gasteiger partial charge in [-0.3, -0.25) is 0 Å². The predicted molar refractivity (Wildman–Crippen MR) is 64.6 cm³/mol. The Kier molecular flexibility index (Phi) is 4.37. The van der Waals surface area contributed by atoms with Crippen molar-refractivity contribution in [2.24, 2.45) is 11.3 Å². The molecule has 16 heavy (non-hydrogen) atoms. The molecule has 1 rings (SSSR count). The molecule has 4 heteroatoms. The second kappa shape index (κ2) is 5.18. The highest BCUT2D eigenvalue weighted by Gasteiger charge is 2.33. The van der Waals surface area contributed by atoms with Gasteiger partial charge in [0, 0.05) is 12.0 Å². The molecule has 0 radical (unpaired) electrons. The van der Waals surface area contributed by atoms with E-state index in [0.29, 0.717) is 6.42 Å². The molecule has 0 saturated heterocycles. The maximum absolute atomic E-state index is 11.0. The molecule has 1 aliphatic rings. The highest BCUT2D eigenvalue weighted by molar-refractivity contribution is 7.90. The lowest BCUT2D eigenvalue weighted by atomic mass is 9.69. The van der Waals surface area contributed by atoms with Gasteiger partial charge in [-0.2, -0.15) is 5.26 Å². The Morgan fingerprint density at radius 2 is 1.94 bits per heavy atom. The van der Waals surface area contributed by atoms with Crippen LogP contribution in [0.25, 0.3) is 0 Å². The summed E-state index contributed by atoms with van der Waals surface area (Å²) in [4.78, 5) is 0. The Balaban J connectivity index is 2.47. The van der Waals surface area contributed by atoms with Gasteiger partial charge in [-0.1, -0.05) is 6.92 Å². The topological polar surface area (TPSA) is 57.9 Å². The largest absolute Gasteiger partial charge is 0.229 e. The van der Waals surface area contributed by atoms with Gasteiger partial charge in [0.2, 0.25) is 0 Å². The maximum atomic E-state index is 11.0. The fraction of sp³-hybridized carbons (Fsp3) is 0.917. The second-order valence-electron chi connectivity index (χ2n) is 5.31. The third-order valence-corrected chi connectivity index (χ3v) is 4.67. The molecule has 0 aromatic heterocycles. The van der Waals surface area contributed by atoms with Crippen molar-refractivity contribution in [2.45, 2.75) is 45.4 Å². The van der Waals surface area contributed by atoms with Crippen LogP contribution in [0, 0.1) is 22.7 Å². The van der Waals surface area contributed by atoms with Crippen LogP contribution in [-0.2, 0) is 9.84 Å². The minimum absolute atomic E-state index is 0.214. The summed E-state index contributed by atoms with van der Waals surface area (Å²) in [5, 5.41) is 9.26. The van der Waals surface area contributed by atoms with E-state index in [0.717, 1.165) is 38.0 Å². The minimum atomic E-state index is -2.88. The van der Waals surface area contributed by atoms with Crippen molar-refractivity contribution < 1.29 is 8.42 Å². The van der Waals surface area contributed by atoms with Gasteiger partial charge in [0.1, 0.15) is 9.84 Å². The van der Waals surface area contributed by atoms with Crippen LogP contribution in [0.5, 0.6) is 0 Å². The van der Waals surface area contributed by atoms with Crippen LogP contribution in [-0.4, -0.2) is 20.4 Å². The lowest BCUT2D eigenvalue weighted by Gasteiger charge is -2.33. The molecule has 3 nitrogen and oxygen atoms in total. The van der Waals surface area contributed by atoms with E-state index >= 15 is 0 Å². The molecule has 1 fully saturated rings. The van der Waals surface area contributed by atoms with E-state index in [9.17, 15) is 13.7 Å². The fourth-order valence-corrected chi connectivity index (χ4v) is 3.07. The predicted octanol–water partition coefficient (Wildman–Crippen LogP) is 2.53. The highest BCUT2D eigenvalue weighted by Crippen LogP contribution is 2.41. The summed E-state index contributed by atoms with van der Waals surface area (Å²) < 4.78 is 22.1. The van der Waals surface area contributed by atoms with Gasteiger partial charge in [0.05, 0.1) is 11.5 Å². The third kappa shape index (κ3) is 4.13. The quantitative estimate of drug-likeness (QED) is 0.762. The molecule has 0 spiro atoms. The van der Waals surface area contributed by atoms with Crippen LogP contribution in [0.2, 0.25) is 0 Å². The van der Waals surface area contributed by atoms with Gasteiger partial charge in [0.15, 0.2) is 0 Å². The molecular weight excluding hydrogens is 222 g/mol. The van der Waals surface area contributed by atoms with Crippen molar-refractivity contribution in [3.63, 3.8) is 0 Å². The van der Waals surface area contributed by atoms with Crippen LogP contribution >= 0.6 is 0 Å². The summed E-state index contributed by atoms with van der Waals surface area (Å²) in [7, 11) is -2.88. The molecule has 0 heterocycles. The summed E-state index contributed by atoms with van der Waals surface area (Å²) in [5.74, 6) is 0.933. The molecule has 0 bridgehead atoms. The van der Waals surface area contributed by atoms with E-state index < -0.39 is 9.84 Å². The summed E-state index contributed by atoms with van der Waals surface area (Å²) in [6.07, 6.45) is 6.71. The Hall–Kier alpha value is -0.560. The van der Waals surface area contributed by atoms with E-state index in [-0.39, 0.29) is 11.2 Å². The molecule has 0 atom stereocenters. The van der Waals surface area contributed by atoms with Gasteiger partial charge in [0.25, 0.3) is 0 Å². The second-order valence-corrected chi connectivity index (χ2v) is 7.57. The minimum Gasteiger partial charge on any atom is -0.229 e. The van der Waals surface area contributed by atoms with Crippen LogP contribution < -0.4 is 0 Å². The Morgan fingerprint density at radius 1 is 1.38 bits per heavy atom. The van der Waals surface area contributed by atoms with Gasteiger partial charge >= 0.3 is 0 Å². The molecular formula is C12H21NO2S. The van der Waals surface area contributed by atoms with E-state index in [1.807, 2.05) is 0 Å². The van der Waals surface area contributed by atoms with E-state index in [1.54, 1.807) is 0 Å². The number of rotatable bonds is 4. The van der Waals surface area contributed by atoms with E-state index in [2.05, 4.69) is 13.0 Å². The number of nitrogens with zero attached hydrogens (tertiary/aromatic N) is 1. The van der Waals surface area contributed by atoms with Crippen LogP contribution in [0.15, 0.2) is 0 Å². The van der Waals surface area contributed by atoms with Crippen molar-refractivity contribution in [3.05, 3.63) is 0 Å². The fourth-order valence-electron chi connectivity index (χ4n) is 2.41. The molecule has 1 aliphatic carbocycles. The SMILES string of the molecule is CC1CCC(C#N)(CCCS(C)(=O)=O)CC1. The zero-order valence-electron chi connectivity index (χ0n) is 10.2. The Labute approximate surface area is 98.8 Å². The number of sulfone groups is 1. The lowest BCUT2D eigenvalue weighted by Crippen LogP contribution is -2.26. The van der Waals surface area contributed by atoms with E-state index in [1.165, 1.54) is 6.26 Å². The van der Waals surface area contributed by atoms with E-state index in [4.69, 9.17) is 0 Å². The smallest absolute Gasteiger partial charge is 0.147 e. The zero-order chi connectivity index (χ0) is 12.2. The van der Waals surface area contributed by atoms with Gasteiger partial charge in [-0.15, -0.1) is 0 Å². The van der Waals surface area contributed by atoms with Crippen LogP contribution in [0.3, 0.4) is 0 Å². The first-order valence-electron chi connectivity index (χ1n) is 5.96. The van der Waals surface area contributed by atoms with Gasteiger partial charge in [-0.25, -0.2) is 8.42 Å². The number of hydrogen-bond donors (Lipinski definition) is 0. The van der Waals surface area contributed by atoms with Gasteiger partial charge < -0.3 is 0 Å². The first-order valence-corrected chi connectivity index (χ1v) is 8.02.